The number of para-hydroxylation sites is 1. The summed E-state index contributed by atoms with van der Waals surface area (Å²) in [4.78, 5) is 28.6. The number of carbonyl (C=O) groups is 2. The molecule has 8 heteroatoms. The molecule has 1 atom stereocenters. The van der Waals surface area contributed by atoms with Crippen molar-refractivity contribution in [3.8, 4) is 0 Å². The van der Waals surface area contributed by atoms with Gasteiger partial charge in [-0.15, -0.1) is 0 Å². The first-order valence-electron chi connectivity index (χ1n) is 13.0. The number of amides is 2. The zero-order valence-electron chi connectivity index (χ0n) is 20.7. The number of fused-ring (bicyclic) bond motifs is 2. The number of anilines is 1. The molecule has 2 aromatic carbocycles. The molecular weight excluding hydrogens is 472 g/mol. The first-order valence-corrected chi connectivity index (χ1v) is 13.4. The number of rotatable bonds is 7. The van der Waals surface area contributed by atoms with Gasteiger partial charge in [0.15, 0.2) is 0 Å². The van der Waals surface area contributed by atoms with E-state index < -0.39 is 6.04 Å². The molecule has 0 unspecified atom stereocenters. The second-order valence-corrected chi connectivity index (χ2v) is 10.7. The van der Waals surface area contributed by atoms with Gasteiger partial charge in [0.25, 0.3) is 0 Å². The second-order valence-electron chi connectivity index (χ2n) is 10.3. The summed E-state index contributed by atoms with van der Waals surface area (Å²) in [5, 5.41) is 6.35. The summed E-state index contributed by atoms with van der Waals surface area (Å²) in [6, 6.07) is 17.7. The van der Waals surface area contributed by atoms with Crippen LogP contribution < -0.4 is 14.9 Å². The van der Waals surface area contributed by atoms with Crippen LogP contribution in [0.1, 0.15) is 36.8 Å². The predicted octanol–water partition coefficient (Wildman–Crippen LogP) is 2.91. The number of nitrogens with zero attached hydrogens (tertiary/aromatic N) is 2. The minimum Gasteiger partial charge on any atom is -0.374 e. The third-order valence-corrected chi connectivity index (χ3v) is 8.32. The Labute approximate surface area is 219 Å². The van der Waals surface area contributed by atoms with E-state index in [-0.39, 0.29) is 29.8 Å². The summed E-state index contributed by atoms with van der Waals surface area (Å²) >= 11 is 4.69. The van der Waals surface area contributed by atoms with Crippen LogP contribution in [0.5, 0.6) is 0 Å². The smallest absolute Gasteiger partial charge is 0.247 e. The lowest BCUT2D eigenvalue weighted by molar-refractivity contribution is -0.140. The van der Waals surface area contributed by atoms with Crippen molar-refractivity contribution >= 4 is 30.3 Å². The van der Waals surface area contributed by atoms with Crippen molar-refractivity contribution in [3.05, 3.63) is 65.7 Å². The Morgan fingerprint density at radius 2 is 1.75 bits per heavy atom. The van der Waals surface area contributed by atoms with Gasteiger partial charge in [0, 0.05) is 31.0 Å². The van der Waals surface area contributed by atoms with Crippen LogP contribution in [0.25, 0.3) is 0 Å². The van der Waals surface area contributed by atoms with Crippen LogP contribution in [-0.4, -0.2) is 62.1 Å². The second kappa shape index (κ2) is 11.2. The largest absolute Gasteiger partial charge is 0.374 e. The molecule has 3 aliphatic heterocycles. The Hall–Kier alpha value is -2.55. The summed E-state index contributed by atoms with van der Waals surface area (Å²) < 4.78 is 7.98. The molecule has 2 amide bonds. The number of ether oxygens (including phenoxy) is 1. The quantitative estimate of drug-likeness (QED) is 0.502. The highest BCUT2D eigenvalue weighted by Gasteiger charge is 2.45. The number of hydrogen-bond donors (Lipinski definition) is 3. The molecule has 0 aromatic heterocycles. The van der Waals surface area contributed by atoms with Crippen molar-refractivity contribution < 1.29 is 14.3 Å². The SMILES string of the molecule is O=C(N[C@H](COCc1ccccc1)C(=O)N1CCC2(CC1)CN(S)c1ccccc12)C1CCNCC1. The average molecular weight is 509 g/mol. The fourth-order valence-electron chi connectivity index (χ4n) is 5.82. The molecule has 0 aliphatic carbocycles. The summed E-state index contributed by atoms with van der Waals surface area (Å²) in [6.45, 7) is 4.41. The van der Waals surface area contributed by atoms with E-state index in [2.05, 4.69) is 28.8 Å². The van der Waals surface area contributed by atoms with Crippen LogP contribution >= 0.6 is 12.8 Å². The molecule has 2 N–H and O–H groups in total. The summed E-state index contributed by atoms with van der Waals surface area (Å²) in [5.41, 5.74) is 3.56. The van der Waals surface area contributed by atoms with Gasteiger partial charge in [0.2, 0.25) is 11.8 Å². The Bertz CT molecular complexity index is 1050. The summed E-state index contributed by atoms with van der Waals surface area (Å²) in [7, 11) is 0. The Morgan fingerprint density at radius 1 is 1.06 bits per heavy atom. The van der Waals surface area contributed by atoms with Crippen molar-refractivity contribution in [2.75, 3.05) is 43.6 Å². The fourth-order valence-corrected chi connectivity index (χ4v) is 6.27. The molecule has 3 aliphatic rings. The van der Waals surface area contributed by atoms with Gasteiger partial charge < -0.3 is 24.6 Å². The molecule has 5 rings (SSSR count). The van der Waals surface area contributed by atoms with Crippen LogP contribution in [0.4, 0.5) is 5.69 Å². The molecule has 3 heterocycles. The highest BCUT2D eigenvalue weighted by molar-refractivity contribution is 7.81. The lowest BCUT2D eigenvalue weighted by Gasteiger charge is -2.41. The molecule has 36 heavy (non-hydrogen) atoms. The molecule has 2 aromatic rings. The molecule has 7 nitrogen and oxygen atoms in total. The zero-order valence-corrected chi connectivity index (χ0v) is 21.6. The first kappa shape index (κ1) is 25.1. The van der Waals surface area contributed by atoms with Gasteiger partial charge in [-0.3, -0.25) is 9.59 Å². The van der Waals surface area contributed by atoms with E-state index in [1.54, 1.807) is 0 Å². The predicted molar refractivity (Wildman–Crippen MR) is 144 cm³/mol. The normalized spacial score (nSPS) is 20.2. The fraction of sp³-hybridized carbons (Fsp3) is 0.500. The number of hydrogen-bond acceptors (Lipinski definition) is 6. The summed E-state index contributed by atoms with van der Waals surface area (Å²) in [6.07, 6.45) is 3.35. The summed E-state index contributed by atoms with van der Waals surface area (Å²) in [5.74, 6) is -0.145. The number of thiol groups is 1. The number of benzene rings is 2. The van der Waals surface area contributed by atoms with Crippen molar-refractivity contribution in [1.29, 1.82) is 0 Å². The van der Waals surface area contributed by atoms with Gasteiger partial charge in [-0.05, 0) is 56.0 Å². The third-order valence-electron chi connectivity index (χ3n) is 7.96. The molecule has 0 saturated carbocycles. The van der Waals surface area contributed by atoms with E-state index in [1.807, 2.05) is 45.6 Å². The standard InChI is InChI=1S/C28H36N4O3S/c33-26(22-10-14-29-15-11-22)30-24(19-35-18-21-6-2-1-3-7-21)27(34)31-16-12-28(13-17-31)20-32(36)25-9-5-4-8-23(25)28/h1-9,22,24,29,36H,10-20H2,(H,30,33)/t24-/m1/s1. The van der Waals surface area contributed by atoms with Crippen LogP contribution in [0, 0.1) is 5.92 Å². The van der Waals surface area contributed by atoms with Crippen molar-refractivity contribution in [1.82, 2.24) is 15.5 Å². The van der Waals surface area contributed by atoms with Gasteiger partial charge in [-0.25, -0.2) is 0 Å². The molecule has 2 saturated heterocycles. The Kier molecular flexibility index (Phi) is 7.84. The minimum atomic E-state index is -0.678. The third kappa shape index (κ3) is 5.41. The number of carbonyl (C=O) groups excluding carboxylic acids is 2. The van der Waals surface area contributed by atoms with Gasteiger partial charge in [-0.1, -0.05) is 61.3 Å². The van der Waals surface area contributed by atoms with Crippen LogP contribution in [-0.2, 0) is 26.3 Å². The van der Waals surface area contributed by atoms with E-state index in [4.69, 9.17) is 17.6 Å². The lowest BCUT2D eigenvalue weighted by Crippen LogP contribution is -2.56. The lowest BCUT2D eigenvalue weighted by atomic mass is 9.74. The van der Waals surface area contributed by atoms with E-state index in [9.17, 15) is 9.59 Å². The van der Waals surface area contributed by atoms with Crippen LogP contribution in [0.15, 0.2) is 54.6 Å². The topological polar surface area (TPSA) is 73.9 Å². The van der Waals surface area contributed by atoms with Gasteiger partial charge in [-0.2, -0.15) is 0 Å². The minimum absolute atomic E-state index is 0.0206. The molecule has 0 bridgehead atoms. The number of nitrogens with one attached hydrogen (secondary N) is 2. The average Bonchev–Trinajstić information content (AvgIpc) is 3.20. The molecule has 192 valence electrons. The van der Waals surface area contributed by atoms with Crippen LogP contribution in [0.3, 0.4) is 0 Å². The molecule has 1 spiro atoms. The molecule has 0 radical (unpaired) electrons. The first-order chi connectivity index (χ1) is 17.6. The van der Waals surface area contributed by atoms with Crippen molar-refractivity contribution in [3.63, 3.8) is 0 Å². The van der Waals surface area contributed by atoms with E-state index in [1.165, 1.54) is 11.3 Å². The number of likely N-dealkylation sites (tertiary alicyclic amines) is 1. The zero-order chi connectivity index (χ0) is 25.0. The molecule has 2 fully saturated rings. The van der Waals surface area contributed by atoms with E-state index in [0.717, 1.165) is 50.9 Å². The highest BCUT2D eigenvalue weighted by atomic mass is 32.1. The van der Waals surface area contributed by atoms with Gasteiger partial charge in [0.1, 0.15) is 6.04 Å². The Morgan fingerprint density at radius 3 is 2.50 bits per heavy atom. The monoisotopic (exact) mass is 508 g/mol. The highest BCUT2D eigenvalue weighted by Crippen LogP contribution is 2.47. The van der Waals surface area contributed by atoms with Crippen molar-refractivity contribution in [2.45, 2.75) is 43.7 Å². The maximum atomic E-state index is 13.7. The van der Waals surface area contributed by atoms with Crippen LogP contribution in [0.2, 0.25) is 0 Å². The van der Waals surface area contributed by atoms with Gasteiger partial charge >= 0.3 is 0 Å². The van der Waals surface area contributed by atoms with Crippen molar-refractivity contribution in [2.24, 2.45) is 5.92 Å². The maximum absolute atomic E-state index is 13.7. The van der Waals surface area contributed by atoms with Gasteiger partial charge in [0.05, 0.1) is 18.9 Å². The Balaban J connectivity index is 1.24. The van der Waals surface area contributed by atoms with E-state index in [0.29, 0.717) is 19.7 Å². The molecular formula is C28H36N4O3S. The maximum Gasteiger partial charge on any atom is 0.247 e. The van der Waals surface area contributed by atoms with E-state index >= 15 is 0 Å². The number of piperidine rings is 2.